The van der Waals surface area contributed by atoms with Crippen LogP contribution in [0.5, 0.6) is 0 Å². The Labute approximate surface area is 104 Å². The van der Waals surface area contributed by atoms with Crippen LogP contribution in [-0.4, -0.2) is 16.2 Å². The molecule has 2 rings (SSSR count). The lowest BCUT2D eigenvalue weighted by Crippen LogP contribution is -1.95. The Balaban J connectivity index is 2.43. The van der Waals surface area contributed by atoms with Crippen molar-refractivity contribution in [1.82, 2.24) is 5.16 Å². The fourth-order valence-corrected chi connectivity index (χ4v) is 1.58. The molecule has 0 aliphatic rings. The summed E-state index contributed by atoms with van der Waals surface area (Å²) >= 11 is 0. The summed E-state index contributed by atoms with van der Waals surface area (Å²) in [7, 11) is 0. The highest BCUT2D eigenvalue weighted by Crippen LogP contribution is 2.31. The lowest BCUT2D eigenvalue weighted by molar-refractivity contribution is 0.0697. The fourth-order valence-electron chi connectivity index (χ4n) is 1.58. The van der Waals surface area contributed by atoms with Crippen molar-refractivity contribution >= 4 is 17.2 Å². The molecule has 3 N–H and O–H groups in total. The van der Waals surface area contributed by atoms with Crippen molar-refractivity contribution in [1.29, 1.82) is 0 Å². The van der Waals surface area contributed by atoms with Crippen LogP contribution in [0, 0.1) is 0 Å². The molecular weight excluding hydrogens is 232 g/mol. The molecule has 0 radical (unpaired) electrons. The van der Waals surface area contributed by atoms with E-state index >= 15 is 0 Å². The first-order chi connectivity index (χ1) is 8.50. The van der Waals surface area contributed by atoms with Crippen molar-refractivity contribution in [3.63, 3.8) is 0 Å². The van der Waals surface area contributed by atoms with Gasteiger partial charge in [-0.15, -0.1) is 0 Å². The summed E-state index contributed by atoms with van der Waals surface area (Å²) in [5.74, 6) is -0.524. The Morgan fingerprint density at radius 1 is 1.39 bits per heavy atom. The number of allylic oxidation sites excluding steroid dienone is 1. The Kier molecular flexibility index (Phi) is 2.89. The molecule has 18 heavy (non-hydrogen) atoms. The van der Waals surface area contributed by atoms with Crippen LogP contribution in [0.3, 0.4) is 0 Å². The number of aromatic carboxylic acids is 1. The second-order valence-corrected chi connectivity index (χ2v) is 3.94. The van der Waals surface area contributed by atoms with Gasteiger partial charge in [0.2, 0.25) is 0 Å². The number of nitrogens with two attached hydrogens (primary N) is 1. The first-order valence-corrected chi connectivity index (χ1v) is 5.25. The van der Waals surface area contributed by atoms with Crippen molar-refractivity contribution in [3.05, 3.63) is 42.2 Å². The maximum absolute atomic E-state index is 10.7. The minimum Gasteiger partial charge on any atom is -0.478 e. The van der Waals surface area contributed by atoms with Crippen LogP contribution in [-0.2, 0) is 0 Å². The summed E-state index contributed by atoms with van der Waals surface area (Å²) in [5.41, 5.74) is 8.40. The Bertz CT molecular complexity index is 612. The average Bonchev–Trinajstić information content (AvgIpc) is 2.71. The van der Waals surface area contributed by atoms with Gasteiger partial charge >= 0.3 is 5.97 Å². The monoisotopic (exact) mass is 244 g/mol. The van der Waals surface area contributed by atoms with E-state index in [0.29, 0.717) is 28.3 Å². The van der Waals surface area contributed by atoms with Gasteiger partial charge in [-0.2, -0.15) is 0 Å². The van der Waals surface area contributed by atoms with E-state index in [1.807, 2.05) is 0 Å². The second kappa shape index (κ2) is 4.37. The predicted octanol–water partition coefficient (Wildman–Crippen LogP) is 2.66. The second-order valence-electron chi connectivity index (χ2n) is 3.94. The molecule has 0 atom stereocenters. The highest BCUT2D eigenvalue weighted by molar-refractivity contribution is 5.89. The predicted molar refractivity (Wildman–Crippen MR) is 68.0 cm³/mol. The third kappa shape index (κ3) is 1.98. The fraction of sp³-hybridized carbons (Fsp3) is 0.0769. The van der Waals surface area contributed by atoms with Crippen LogP contribution in [0.15, 0.2) is 35.4 Å². The maximum Gasteiger partial charge on any atom is 0.335 e. The summed E-state index contributed by atoms with van der Waals surface area (Å²) in [6.07, 6.45) is 0. The number of anilines is 1. The molecule has 0 aliphatic heterocycles. The number of hydrogen-bond donors (Lipinski definition) is 2. The van der Waals surface area contributed by atoms with Gasteiger partial charge in [-0.25, -0.2) is 4.79 Å². The summed E-state index contributed by atoms with van der Waals surface area (Å²) in [6, 6.07) is 6.26. The molecule has 92 valence electrons. The van der Waals surface area contributed by atoms with Crippen LogP contribution < -0.4 is 5.73 Å². The van der Waals surface area contributed by atoms with E-state index in [1.54, 1.807) is 19.1 Å². The highest BCUT2D eigenvalue weighted by atomic mass is 16.5. The topological polar surface area (TPSA) is 89.3 Å². The zero-order valence-corrected chi connectivity index (χ0v) is 9.80. The van der Waals surface area contributed by atoms with Gasteiger partial charge < -0.3 is 15.4 Å². The molecule has 1 heterocycles. The molecule has 1 aromatic carbocycles. The number of carboxylic acids is 1. The zero-order chi connectivity index (χ0) is 13.3. The average molecular weight is 244 g/mol. The van der Waals surface area contributed by atoms with Crippen molar-refractivity contribution in [2.75, 3.05) is 5.73 Å². The molecule has 0 saturated carbocycles. The van der Waals surface area contributed by atoms with Gasteiger partial charge in [0.25, 0.3) is 0 Å². The van der Waals surface area contributed by atoms with Crippen LogP contribution in [0.1, 0.15) is 23.0 Å². The van der Waals surface area contributed by atoms with Crippen LogP contribution in [0.2, 0.25) is 0 Å². The molecule has 0 fully saturated rings. The van der Waals surface area contributed by atoms with Crippen LogP contribution in [0.25, 0.3) is 16.8 Å². The Morgan fingerprint density at radius 2 is 2.00 bits per heavy atom. The maximum atomic E-state index is 10.7. The number of benzene rings is 1. The Hall–Kier alpha value is -2.56. The van der Waals surface area contributed by atoms with E-state index in [-0.39, 0.29) is 5.56 Å². The standard InChI is InChI=1S/C13H12N2O3/c1-7(2)12-10(14)11(15-18-12)8-3-5-9(6-4-8)13(16)17/h3-6H,1,14H2,2H3,(H,16,17). The van der Waals surface area contributed by atoms with E-state index < -0.39 is 5.97 Å². The van der Waals surface area contributed by atoms with E-state index in [9.17, 15) is 4.79 Å². The van der Waals surface area contributed by atoms with Gasteiger partial charge in [0, 0.05) is 5.56 Å². The zero-order valence-electron chi connectivity index (χ0n) is 9.80. The molecule has 0 bridgehead atoms. The Morgan fingerprint density at radius 3 is 2.44 bits per heavy atom. The molecule has 0 unspecified atom stereocenters. The molecule has 2 aromatic rings. The minimum atomic E-state index is -0.975. The minimum absolute atomic E-state index is 0.209. The highest BCUT2D eigenvalue weighted by Gasteiger charge is 2.15. The molecule has 0 spiro atoms. The van der Waals surface area contributed by atoms with Gasteiger partial charge in [-0.1, -0.05) is 23.9 Å². The third-order valence-corrected chi connectivity index (χ3v) is 2.52. The molecule has 5 nitrogen and oxygen atoms in total. The molecule has 5 heteroatoms. The van der Waals surface area contributed by atoms with E-state index in [4.69, 9.17) is 15.4 Å². The smallest absolute Gasteiger partial charge is 0.335 e. The summed E-state index contributed by atoms with van der Waals surface area (Å²) in [4.78, 5) is 10.7. The van der Waals surface area contributed by atoms with Crippen molar-refractivity contribution in [2.24, 2.45) is 0 Å². The number of nitrogen functional groups attached to an aromatic ring is 1. The number of carbonyl (C=O) groups is 1. The summed E-state index contributed by atoms with van der Waals surface area (Å²) in [6.45, 7) is 5.51. The van der Waals surface area contributed by atoms with Gasteiger partial charge in [0.05, 0.1) is 5.56 Å². The van der Waals surface area contributed by atoms with Gasteiger partial charge in [0.1, 0.15) is 11.4 Å². The van der Waals surface area contributed by atoms with Gasteiger partial charge in [-0.3, -0.25) is 0 Å². The van der Waals surface area contributed by atoms with E-state index in [2.05, 4.69) is 11.7 Å². The summed E-state index contributed by atoms with van der Waals surface area (Å²) in [5, 5.41) is 12.7. The normalized spacial score (nSPS) is 10.3. The number of aromatic nitrogens is 1. The number of carboxylic acid groups (broad SMARTS) is 1. The first-order valence-electron chi connectivity index (χ1n) is 5.25. The van der Waals surface area contributed by atoms with Crippen LogP contribution >= 0.6 is 0 Å². The molecule has 0 saturated heterocycles. The molecule has 1 aromatic heterocycles. The number of hydrogen-bond acceptors (Lipinski definition) is 4. The lowest BCUT2D eigenvalue weighted by atomic mass is 10.1. The molecule has 0 amide bonds. The SMILES string of the molecule is C=C(C)c1onc(-c2ccc(C(=O)O)cc2)c1N. The third-order valence-electron chi connectivity index (χ3n) is 2.52. The van der Waals surface area contributed by atoms with E-state index in [0.717, 1.165) is 0 Å². The molecule has 0 aliphatic carbocycles. The van der Waals surface area contributed by atoms with Gasteiger partial charge in [0.15, 0.2) is 5.76 Å². The first kappa shape index (κ1) is 11.9. The van der Waals surface area contributed by atoms with Crippen molar-refractivity contribution in [3.8, 4) is 11.3 Å². The number of rotatable bonds is 3. The number of nitrogens with zero attached hydrogens (tertiary/aromatic N) is 1. The van der Waals surface area contributed by atoms with Gasteiger partial charge in [-0.05, 0) is 24.6 Å². The van der Waals surface area contributed by atoms with Crippen molar-refractivity contribution < 1.29 is 14.4 Å². The quantitative estimate of drug-likeness (QED) is 0.866. The molecular formula is C13H12N2O3. The lowest BCUT2D eigenvalue weighted by Gasteiger charge is -1.99. The largest absolute Gasteiger partial charge is 0.478 e. The van der Waals surface area contributed by atoms with Crippen molar-refractivity contribution in [2.45, 2.75) is 6.92 Å². The van der Waals surface area contributed by atoms with Crippen LogP contribution in [0.4, 0.5) is 5.69 Å². The van der Waals surface area contributed by atoms with E-state index in [1.165, 1.54) is 12.1 Å². The summed E-state index contributed by atoms with van der Waals surface area (Å²) < 4.78 is 5.10.